The standard InChI is InChI=1S/C18H14BrN3O5/c1-27-16-7-4-12(9-15(16)22(25)26)8-14-17(23)21(18(24)20-14)10-11-2-5-13(19)6-3-11/h2-9H,10H2,1H3,(H,20,24). The van der Waals surface area contributed by atoms with Crippen molar-refractivity contribution in [3.8, 4) is 5.75 Å². The number of halogens is 1. The van der Waals surface area contributed by atoms with Crippen LogP contribution in [0.4, 0.5) is 10.5 Å². The van der Waals surface area contributed by atoms with Gasteiger partial charge in [-0.05, 0) is 35.4 Å². The minimum absolute atomic E-state index is 0.0524. The number of carbonyl (C=O) groups excluding carboxylic acids is 2. The number of urea groups is 1. The minimum Gasteiger partial charge on any atom is -0.490 e. The highest BCUT2D eigenvalue weighted by Gasteiger charge is 2.33. The van der Waals surface area contributed by atoms with E-state index in [4.69, 9.17) is 4.74 Å². The fourth-order valence-electron chi connectivity index (χ4n) is 2.59. The molecule has 1 N–H and O–H groups in total. The lowest BCUT2D eigenvalue weighted by Gasteiger charge is -2.11. The van der Waals surface area contributed by atoms with Crippen molar-refractivity contribution in [2.45, 2.75) is 6.54 Å². The van der Waals surface area contributed by atoms with Crippen LogP contribution in [0.25, 0.3) is 6.08 Å². The van der Waals surface area contributed by atoms with E-state index < -0.39 is 16.9 Å². The monoisotopic (exact) mass is 431 g/mol. The van der Waals surface area contributed by atoms with Gasteiger partial charge in [-0.25, -0.2) is 4.79 Å². The summed E-state index contributed by atoms with van der Waals surface area (Å²) in [4.78, 5) is 36.3. The Labute approximate surface area is 162 Å². The van der Waals surface area contributed by atoms with Crippen molar-refractivity contribution < 1.29 is 19.2 Å². The zero-order valence-corrected chi connectivity index (χ0v) is 15.7. The van der Waals surface area contributed by atoms with Gasteiger partial charge in [-0.3, -0.25) is 19.8 Å². The SMILES string of the molecule is COc1ccc(C=C2NC(=O)N(Cc3ccc(Br)cc3)C2=O)cc1[N+](=O)[O-]. The summed E-state index contributed by atoms with van der Waals surface area (Å²) in [5, 5.41) is 13.6. The molecule has 1 aliphatic rings. The number of benzene rings is 2. The molecule has 0 unspecified atom stereocenters. The summed E-state index contributed by atoms with van der Waals surface area (Å²) < 4.78 is 5.84. The third kappa shape index (κ3) is 3.98. The molecule has 3 amide bonds. The number of carbonyl (C=O) groups is 2. The Bertz CT molecular complexity index is 956. The number of amides is 3. The molecule has 9 heteroatoms. The maximum atomic E-state index is 12.5. The van der Waals surface area contributed by atoms with Crippen LogP contribution in [0.2, 0.25) is 0 Å². The summed E-state index contributed by atoms with van der Waals surface area (Å²) in [6.07, 6.45) is 1.40. The third-order valence-electron chi connectivity index (χ3n) is 3.93. The molecule has 0 saturated carbocycles. The second-order valence-electron chi connectivity index (χ2n) is 5.69. The van der Waals surface area contributed by atoms with E-state index in [-0.39, 0.29) is 23.7 Å². The van der Waals surface area contributed by atoms with E-state index in [0.29, 0.717) is 5.56 Å². The third-order valence-corrected chi connectivity index (χ3v) is 4.46. The number of nitro groups is 1. The first-order chi connectivity index (χ1) is 12.9. The van der Waals surface area contributed by atoms with Gasteiger partial charge in [-0.1, -0.05) is 34.1 Å². The normalized spacial score (nSPS) is 15.2. The highest BCUT2D eigenvalue weighted by molar-refractivity contribution is 9.10. The number of ether oxygens (including phenoxy) is 1. The molecule has 138 valence electrons. The van der Waals surface area contributed by atoms with E-state index in [1.165, 1.54) is 25.3 Å². The molecule has 27 heavy (non-hydrogen) atoms. The van der Waals surface area contributed by atoms with Gasteiger partial charge in [0.1, 0.15) is 5.70 Å². The number of nitrogens with one attached hydrogen (secondary N) is 1. The Balaban J connectivity index is 1.84. The van der Waals surface area contributed by atoms with Gasteiger partial charge in [0.15, 0.2) is 5.75 Å². The molecule has 1 saturated heterocycles. The van der Waals surface area contributed by atoms with Crippen molar-refractivity contribution in [2.24, 2.45) is 0 Å². The molecule has 3 rings (SSSR count). The number of hydrogen-bond acceptors (Lipinski definition) is 5. The van der Waals surface area contributed by atoms with Crippen LogP contribution in [-0.4, -0.2) is 28.9 Å². The van der Waals surface area contributed by atoms with Gasteiger partial charge < -0.3 is 10.1 Å². The number of rotatable bonds is 5. The Morgan fingerprint density at radius 3 is 2.56 bits per heavy atom. The van der Waals surface area contributed by atoms with Gasteiger partial charge in [0.2, 0.25) is 0 Å². The van der Waals surface area contributed by atoms with Crippen molar-refractivity contribution >= 4 is 39.6 Å². The zero-order valence-electron chi connectivity index (χ0n) is 14.1. The van der Waals surface area contributed by atoms with Crippen LogP contribution in [0.1, 0.15) is 11.1 Å². The molecular formula is C18H14BrN3O5. The maximum Gasteiger partial charge on any atom is 0.329 e. The van der Waals surface area contributed by atoms with Gasteiger partial charge >= 0.3 is 11.7 Å². The fourth-order valence-corrected chi connectivity index (χ4v) is 2.86. The average molecular weight is 432 g/mol. The lowest BCUT2D eigenvalue weighted by Crippen LogP contribution is -2.30. The van der Waals surface area contributed by atoms with Gasteiger partial charge in [-0.2, -0.15) is 0 Å². The number of nitro benzene ring substituents is 1. The van der Waals surface area contributed by atoms with Gasteiger partial charge in [0.05, 0.1) is 18.6 Å². The van der Waals surface area contributed by atoms with E-state index in [0.717, 1.165) is 14.9 Å². The van der Waals surface area contributed by atoms with Crippen molar-refractivity contribution in [2.75, 3.05) is 7.11 Å². The first-order valence-corrected chi connectivity index (χ1v) is 8.60. The summed E-state index contributed by atoms with van der Waals surface area (Å²) in [6, 6.07) is 11.0. The van der Waals surface area contributed by atoms with Crippen LogP contribution in [0.5, 0.6) is 5.75 Å². The van der Waals surface area contributed by atoms with Crippen LogP contribution in [0.3, 0.4) is 0 Å². The molecule has 2 aromatic carbocycles. The van der Waals surface area contributed by atoms with Crippen LogP contribution in [0, 0.1) is 10.1 Å². The van der Waals surface area contributed by atoms with Gasteiger partial charge in [0.25, 0.3) is 5.91 Å². The molecule has 0 atom stereocenters. The number of imide groups is 1. The van der Waals surface area contributed by atoms with Crippen molar-refractivity contribution in [3.63, 3.8) is 0 Å². The quantitative estimate of drug-likeness (QED) is 0.338. The van der Waals surface area contributed by atoms with Crippen molar-refractivity contribution in [3.05, 3.63) is 73.9 Å². The molecular weight excluding hydrogens is 418 g/mol. The molecule has 8 nitrogen and oxygen atoms in total. The molecule has 2 aromatic rings. The lowest BCUT2D eigenvalue weighted by atomic mass is 10.1. The Kier molecular flexibility index (Phi) is 5.22. The molecule has 1 aliphatic heterocycles. The van der Waals surface area contributed by atoms with Crippen molar-refractivity contribution in [1.29, 1.82) is 0 Å². The van der Waals surface area contributed by atoms with Crippen LogP contribution >= 0.6 is 15.9 Å². The first-order valence-electron chi connectivity index (χ1n) is 7.80. The first kappa shape index (κ1) is 18.6. The Morgan fingerprint density at radius 1 is 1.22 bits per heavy atom. The highest BCUT2D eigenvalue weighted by Crippen LogP contribution is 2.29. The number of hydrogen-bond donors (Lipinski definition) is 1. The summed E-state index contributed by atoms with van der Waals surface area (Å²) >= 11 is 3.33. The smallest absolute Gasteiger partial charge is 0.329 e. The van der Waals surface area contributed by atoms with Crippen LogP contribution in [-0.2, 0) is 11.3 Å². The summed E-state index contributed by atoms with van der Waals surface area (Å²) in [5.74, 6) is -0.387. The van der Waals surface area contributed by atoms with E-state index in [9.17, 15) is 19.7 Å². The molecule has 0 spiro atoms. The summed E-state index contributed by atoms with van der Waals surface area (Å²) in [5.41, 5.74) is 1.02. The maximum absolute atomic E-state index is 12.5. The predicted molar refractivity (Wildman–Crippen MR) is 101 cm³/mol. The summed E-state index contributed by atoms with van der Waals surface area (Å²) in [7, 11) is 1.33. The van der Waals surface area contributed by atoms with Crippen LogP contribution < -0.4 is 10.1 Å². The fraction of sp³-hybridized carbons (Fsp3) is 0.111. The zero-order chi connectivity index (χ0) is 19.6. The Morgan fingerprint density at radius 2 is 1.93 bits per heavy atom. The average Bonchev–Trinajstić information content (AvgIpc) is 2.90. The second kappa shape index (κ2) is 7.58. The summed E-state index contributed by atoms with van der Waals surface area (Å²) in [6.45, 7) is 0.123. The van der Waals surface area contributed by atoms with Gasteiger partial charge in [-0.15, -0.1) is 0 Å². The predicted octanol–water partition coefficient (Wildman–Crippen LogP) is 3.46. The Hall–Kier alpha value is -3.20. The number of methoxy groups -OCH3 is 1. The largest absolute Gasteiger partial charge is 0.490 e. The second-order valence-corrected chi connectivity index (χ2v) is 6.61. The highest BCUT2D eigenvalue weighted by atomic mass is 79.9. The van der Waals surface area contributed by atoms with E-state index >= 15 is 0 Å². The molecule has 1 fully saturated rings. The minimum atomic E-state index is -0.574. The molecule has 0 radical (unpaired) electrons. The van der Waals surface area contributed by atoms with E-state index in [1.807, 2.05) is 12.1 Å². The molecule has 0 aromatic heterocycles. The molecule has 1 heterocycles. The lowest BCUT2D eigenvalue weighted by molar-refractivity contribution is -0.385. The molecule has 0 bridgehead atoms. The van der Waals surface area contributed by atoms with E-state index in [2.05, 4.69) is 21.2 Å². The molecule has 0 aliphatic carbocycles. The van der Waals surface area contributed by atoms with Gasteiger partial charge in [0, 0.05) is 10.5 Å². The van der Waals surface area contributed by atoms with Crippen molar-refractivity contribution in [1.82, 2.24) is 10.2 Å². The van der Waals surface area contributed by atoms with E-state index in [1.54, 1.807) is 18.2 Å². The topological polar surface area (TPSA) is 102 Å². The van der Waals surface area contributed by atoms with Crippen LogP contribution in [0.15, 0.2) is 52.6 Å². The number of nitrogens with zero attached hydrogens (tertiary/aromatic N) is 2.